The van der Waals surface area contributed by atoms with E-state index in [9.17, 15) is 4.39 Å². The number of rotatable bonds is 4. The van der Waals surface area contributed by atoms with Crippen molar-refractivity contribution in [3.63, 3.8) is 0 Å². The highest BCUT2D eigenvalue weighted by Crippen LogP contribution is 2.09. The van der Waals surface area contributed by atoms with Crippen LogP contribution in [-0.2, 0) is 4.74 Å². The number of nitrogens with one attached hydrogen (secondary N) is 1. The minimum Gasteiger partial charge on any atom is -0.383 e. The van der Waals surface area contributed by atoms with Gasteiger partial charge in [-0.3, -0.25) is 4.98 Å². The summed E-state index contributed by atoms with van der Waals surface area (Å²) in [4.78, 5) is 3.95. The Morgan fingerprint density at radius 1 is 1.62 bits per heavy atom. The highest BCUT2D eigenvalue weighted by atomic mass is 19.1. The maximum Gasteiger partial charge on any atom is 0.141 e. The zero-order valence-corrected chi connectivity index (χ0v) is 7.75. The minimum atomic E-state index is -0.323. The summed E-state index contributed by atoms with van der Waals surface area (Å²) in [5, 5.41) is 3.03. The third-order valence-corrected chi connectivity index (χ3v) is 1.79. The van der Waals surface area contributed by atoms with Gasteiger partial charge in [0.25, 0.3) is 0 Å². The van der Waals surface area contributed by atoms with Crippen LogP contribution in [0.15, 0.2) is 18.3 Å². The second-order valence-corrected chi connectivity index (χ2v) is 2.70. The number of hydrogen-bond donors (Lipinski definition) is 1. The van der Waals surface area contributed by atoms with Crippen molar-refractivity contribution in [3.05, 3.63) is 29.8 Å². The first kappa shape index (κ1) is 10.1. The van der Waals surface area contributed by atoms with Gasteiger partial charge in [0.05, 0.1) is 24.5 Å². The number of halogens is 1. The molecule has 0 saturated heterocycles. The van der Waals surface area contributed by atoms with Crippen LogP contribution in [0.25, 0.3) is 0 Å². The molecule has 0 aliphatic heterocycles. The van der Waals surface area contributed by atoms with Crippen LogP contribution >= 0.6 is 0 Å². The average molecular weight is 184 g/mol. The van der Waals surface area contributed by atoms with E-state index in [-0.39, 0.29) is 11.9 Å². The Labute approximate surface area is 76.9 Å². The fourth-order valence-corrected chi connectivity index (χ4v) is 1.08. The van der Waals surface area contributed by atoms with Crippen molar-refractivity contribution in [2.75, 3.05) is 20.8 Å². The van der Waals surface area contributed by atoms with Gasteiger partial charge in [-0.05, 0) is 19.2 Å². The molecule has 0 saturated carbocycles. The molecule has 0 bridgehead atoms. The minimum absolute atomic E-state index is 0.0191. The summed E-state index contributed by atoms with van der Waals surface area (Å²) in [6.45, 7) is 0.523. The number of hydrogen-bond acceptors (Lipinski definition) is 3. The summed E-state index contributed by atoms with van der Waals surface area (Å²) in [6, 6.07) is 3.06. The first-order valence-corrected chi connectivity index (χ1v) is 4.05. The standard InChI is InChI=1S/C9H13FN2O/c1-11-9(6-13-2)8-4-3-7(10)5-12-8/h3-5,9,11H,6H2,1-2H3. The van der Waals surface area contributed by atoms with Crippen molar-refractivity contribution in [2.24, 2.45) is 0 Å². The Morgan fingerprint density at radius 2 is 2.38 bits per heavy atom. The van der Waals surface area contributed by atoms with E-state index >= 15 is 0 Å². The van der Waals surface area contributed by atoms with Crippen LogP contribution in [0, 0.1) is 5.82 Å². The number of nitrogens with zero attached hydrogens (tertiary/aromatic N) is 1. The van der Waals surface area contributed by atoms with Gasteiger partial charge < -0.3 is 10.1 Å². The Balaban J connectivity index is 2.73. The first-order chi connectivity index (χ1) is 6.27. The maximum absolute atomic E-state index is 12.5. The number of ether oxygens (including phenoxy) is 1. The molecule has 4 heteroatoms. The highest BCUT2D eigenvalue weighted by molar-refractivity contribution is 5.09. The van der Waals surface area contributed by atoms with Crippen molar-refractivity contribution in [1.82, 2.24) is 10.3 Å². The van der Waals surface area contributed by atoms with Gasteiger partial charge in [-0.2, -0.15) is 0 Å². The van der Waals surface area contributed by atoms with Gasteiger partial charge in [-0.1, -0.05) is 0 Å². The molecule has 1 aromatic heterocycles. The second kappa shape index (κ2) is 4.89. The smallest absolute Gasteiger partial charge is 0.141 e. The van der Waals surface area contributed by atoms with E-state index < -0.39 is 0 Å². The van der Waals surface area contributed by atoms with Gasteiger partial charge in [0.2, 0.25) is 0 Å². The van der Waals surface area contributed by atoms with Crippen LogP contribution in [0.3, 0.4) is 0 Å². The lowest BCUT2D eigenvalue weighted by atomic mass is 10.2. The molecular formula is C9H13FN2O. The van der Waals surface area contributed by atoms with E-state index in [0.29, 0.717) is 6.61 Å². The molecule has 0 amide bonds. The summed E-state index contributed by atoms with van der Waals surface area (Å²) in [6.07, 6.45) is 1.20. The fourth-order valence-electron chi connectivity index (χ4n) is 1.08. The number of likely N-dealkylation sites (N-methyl/N-ethyl adjacent to an activating group) is 1. The van der Waals surface area contributed by atoms with Crippen molar-refractivity contribution in [2.45, 2.75) is 6.04 Å². The van der Waals surface area contributed by atoms with Crippen molar-refractivity contribution in [1.29, 1.82) is 0 Å². The number of methoxy groups -OCH3 is 1. The molecule has 1 rings (SSSR count). The van der Waals surface area contributed by atoms with Gasteiger partial charge >= 0.3 is 0 Å². The third-order valence-electron chi connectivity index (χ3n) is 1.79. The molecular weight excluding hydrogens is 171 g/mol. The van der Waals surface area contributed by atoms with Gasteiger partial charge in [0, 0.05) is 7.11 Å². The van der Waals surface area contributed by atoms with Crippen LogP contribution in [0.2, 0.25) is 0 Å². The van der Waals surface area contributed by atoms with E-state index in [0.717, 1.165) is 5.69 Å². The molecule has 72 valence electrons. The molecule has 1 heterocycles. The molecule has 0 fully saturated rings. The van der Waals surface area contributed by atoms with Crippen molar-refractivity contribution in [3.8, 4) is 0 Å². The lowest BCUT2D eigenvalue weighted by Gasteiger charge is -2.13. The predicted octanol–water partition coefficient (Wildman–Crippen LogP) is 1.13. The lowest BCUT2D eigenvalue weighted by molar-refractivity contribution is 0.169. The van der Waals surface area contributed by atoms with E-state index in [1.165, 1.54) is 12.3 Å². The van der Waals surface area contributed by atoms with Crippen molar-refractivity contribution < 1.29 is 9.13 Å². The van der Waals surface area contributed by atoms with Crippen LogP contribution in [-0.4, -0.2) is 25.7 Å². The molecule has 0 spiro atoms. The Bertz CT molecular complexity index is 250. The van der Waals surface area contributed by atoms with E-state index in [4.69, 9.17) is 4.74 Å². The normalized spacial score (nSPS) is 12.8. The van der Waals surface area contributed by atoms with E-state index in [2.05, 4.69) is 10.3 Å². The van der Waals surface area contributed by atoms with Gasteiger partial charge in [0.15, 0.2) is 0 Å². The monoisotopic (exact) mass is 184 g/mol. The summed E-state index contributed by atoms with van der Waals surface area (Å²) >= 11 is 0. The van der Waals surface area contributed by atoms with E-state index in [1.807, 2.05) is 7.05 Å². The average Bonchev–Trinajstić information content (AvgIpc) is 2.16. The number of pyridine rings is 1. The summed E-state index contributed by atoms with van der Waals surface area (Å²) < 4.78 is 17.5. The van der Waals surface area contributed by atoms with Crippen LogP contribution in [0.1, 0.15) is 11.7 Å². The quantitative estimate of drug-likeness (QED) is 0.761. The molecule has 1 N–H and O–H groups in total. The molecule has 0 aromatic carbocycles. The van der Waals surface area contributed by atoms with Gasteiger partial charge in [0.1, 0.15) is 5.82 Å². The van der Waals surface area contributed by atoms with Crippen LogP contribution in [0.4, 0.5) is 4.39 Å². The predicted molar refractivity (Wildman–Crippen MR) is 47.9 cm³/mol. The topological polar surface area (TPSA) is 34.1 Å². The SMILES string of the molecule is CNC(COC)c1ccc(F)cn1. The van der Waals surface area contributed by atoms with Gasteiger partial charge in [-0.25, -0.2) is 4.39 Å². The van der Waals surface area contributed by atoms with Crippen LogP contribution < -0.4 is 5.32 Å². The van der Waals surface area contributed by atoms with Crippen LogP contribution in [0.5, 0.6) is 0 Å². The summed E-state index contributed by atoms with van der Waals surface area (Å²) in [5.41, 5.74) is 0.783. The fraction of sp³-hybridized carbons (Fsp3) is 0.444. The number of aromatic nitrogens is 1. The maximum atomic E-state index is 12.5. The van der Waals surface area contributed by atoms with E-state index in [1.54, 1.807) is 13.2 Å². The third kappa shape index (κ3) is 2.75. The first-order valence-electron chi connectivity index (χ1n) is 4.05. The molecule has 1 unspecified atom stereocenters. The second-order valence-electron chi connectivity index (χ2n) is 2.70. The Hall–Kier alpha value is -1.00. The molecule has 1 atom stereocenters. The Morgan fingerprint density at radius 3 is 2.85 bits per heavy atom. The molecule has 0 radical (unpaired) electrons. The van der Waals surface area contributed by atoms with Crippen molar-refractivity contribution >= 4 is 0 Å². The molecule has 1 aromatic rings. The van der Waals surface area contributed by atoms with Gasteiger partial charge in [-0.15, -0.1) is 0 Å². The highest BCUT2D eigenvalue weighted by Gasteiger charge is 2.09. The summed E-state index contributed by atoms with van der Waals surface area (Å²) in [5.74, 6) is -0.323. The molecule has 0 aliphatic carbocycles. The largest absolute Gasteiger partial charge is 0.383 e. The molecule has 3 nitrogen and oxygen atoms in total. The summed E-state index contributed by atoms with van der Waals surface area (Å²) in [7, 11) is 3.43. The molecule has 0 aliphatic rings. The Kier molecular flexibility index (Phi) is 3.79. The molecule has 13 heavy (non-hydrogen) atoms. The zero-order chi connectivity index (χ0) is 9.68. The zero-order valence-electron chi connectivity index (χ0n) is 7.75. The lowest BCUT2D eigenvalue weighted by Crippen LogP contribution is -2.22.